The number of ether oxygens (including phenoxy) is 2. The number of amides is 1. The van der Waals surface area contributed by atoms with Gasteiger partial charge in [0.15, 0.2) is 6.61 Å². The fraction of sp³-hybridized carbons (Fsp3) is 0.533. The molecule has 9 heteroatoms. The topological polar surface area (TPSA) is 93.7 Å². The van der Waals surface area contributed by atoms with Gasteiger partial charge in [0.2, 0.25) is 10.0 Å². The molecule has 1 aromatic rings. The van der Waals surface area contributed by atoms with Crippen molar-refractivity contribution in [3.8, 4) is 5.75 Å². The standard InChI is InChI=1S/C15H23ClN2O5S/c1-11(2)9-18-24(20,21)12-4-5-14(13(16)8-12)23-10-15(19)17-6-7-22-3/h4-5,8,11,18H,6-7,9-10H2,1-3H3,(H,17,19). The molecule has 0 fully saturated rings. The van der Waals surface area contributed by atoms with Crippen LogP contribution in [0.2, 0.25) is 5.02 Å². The van der Waals surface area contributed by atoms with Crippen LogP contribution in [0.25, 0.3) is 0 Å². The number of rotatable bonds is 10. The van der Waals surface area contributed by atoms with Gasteiger partial charge < -0.3 is 14.8 Å². The van der Waals surface area contributed by atoms with Crippen molar-refractivity contribution in [3.05, 3.63) is 23.2 Å². The highest BCUT2D eigenvalue weighted by Gasteiger charge is 2.16. The highest BCUT2D eigenvalue weighted by Crippen LogP contribution is 2.27. The molecule has 0 spiro atoms. The van der Waals surface area contributed by atoms with Crippen molar-refractivity contribution in [2.45, 2.75) is 18.7 Å². The van der Waals surface area contributed by atoms with Crippen LogP contribution >= 0.6 is 11.6 Å². The lowest BCUT2D eigenvalue weighted by molar-refractivity contribution is -0.123. The number of carbonyl (C=O) groups excluding carboxylic acids is 1. The molecule has 136 valence electrons. The second-order valence-electron chi connectivity index (χ2n) is 5.47. The van der Waals surface area contributed by atoms with E-state index < -0.39 is 10.0 Å². The van der Waals surface area contributed by atoms with Crippen LogP contribution in [0.3, 0.4) is 0 Å². The van der Waals surface area contributed by atoms with Crippen LogP contribution in [0.1, 0.15) is 13.8 Å². The molecular formula is C15H23ClN2O5S. The molecule has 1 amide bonds. The molecule has 0 saturated carbocycles. The Balaban J connectivity index is 2.66. The highest BCUT2D eigenvalue weighted by molar-refractivity contribution is 7.89. The summed E-state index contributed by atoms with van der Waals surface area (Å²) in [5, 5.41) is 2.72. The maximum atomic E-state index is 12.1. The molecule has 2 N–H and O–H groups in total. The van der Waals surface area contributed by atoms with Gasteiger partial charge in [-0.3, -0.25) is 4.79 Å². The Morgan fingerprint density at radius 2 is 2.04 bits per heavy atom. The van der Waals surface area contributed by atoms with E-state index in [1.807, 2.05) is 13.8 Å². The van der Waals surface area contributed by atoms with E-state index in [-0.39, 0.29) is 34.1 Å². The first-order chi connectivity index (χ1) is 11.3. The minimum atomic E-state index is -3.62. The van der Waals surface area contributed by atoms with E-state index in [1.165, 1.54) is 25.3 Å². The molecule has 0 unspecified atom stereocenters. The van der Waals surface area contributed by atoms with E-state index in [2.05, 4.69) is 10.0 Å². The third kappa shape index (κ3) is 7.04. The summed E-state index contributed by atoms with van der Waals surface area (Å²) >= 11 is 6.04. The SMILES string of the molecule is COCCNC(=O)COc1ccc(S(=O)(=O)NCC(C)C)cc1Cl. The minimum Gasteiger partial charge on any atom is -0.482 e. The van der Waals surface area contributed by atoms with Crippen molar-refractivity contribution < 1.29 is 22.7 Å². The monoisotopic (exact) mass is 378 g/mol. The van der Waals surface area contributed by atoms with E-state index >= 15 is 0 Å². The Morgan fingerprint density at radius 1 is 1.33 bits per heavy atom. The lowest BCUT2D eigenvalue weighted by Crippen LogP contribution is -2.31. The van der Waals surface area contributed by atoms with E-state index in [0.29, 0.717) is 19.7 Å². The van der Waals surface area contributed by atoms with Gasteiger partial charge in [-0.25, -0.2) is 13.1 Å². The van der Waals surface area contributed by atoms with Crippen LogP contribution in [-0.4, -0.2) is 47.7 Å². The number of nitrogens with one attached hydrogen (secondary N) is 2. The molecule has 24 heavy (non-hydrogen) atoms. The molecule has 0 aliphatic carbocycles. The Hall–Kier alpha value is -1.35. The molecule has 7 nitrogen and oxygen atoms in total. The molecule has 0 aromatic heterocycles. The maximum Gasteiger partial charge on any atom is 0.258 e. The molecule has 0 aliphatic rings. The van der Waals surface area contributed by atoms with Crippen molar-refractivity contribution in [2.24, 2.45) is 5.92 Å². The van der Waals surface area contributed by atoms with Crippen molar-refractivity contribution in [3.63, 3.8) is 0 Å². The van der Waals surface area contributed by atoms with Crippen LogP contribution in [0.5, 0.6) is 5.75 Å². The number of methoxy groups -OCH3 is 1. The van der Waals surface area contributed by atoms with E-state index in [4.69, 9.17) is 21.1 Å². The second-order valence-corrected chi connectivity index (χ2v) is 7.64. The van der Waals surface area contributed by atoms with Gasteiger partial charge in [-0.1, -0.05) is 25.4 Å². The van der Waals surface area contributed by atoms with Crippen LogP contribution in [0.15, 0.2) is 23.1 Å². The molecule has 0 heterocycles. The number of halogens is 1. The summed E-state index contributed by atoms with van der Waals surface area (Å²) in [4.78, 5) is 11.6. The molecule has 1 rings (SSSR count). The lowest BCUT2D eigenvalue weighted by Gasteiger charge is -2.11. The zero-order valence-corrected chi connectivity index (χ0v) is 15.5. The van der Waals surface area contributed by atoms with Gasteiger partial charge in [0.1, 0.15) is 5.75 Å². The van der Waals surface area contributed by atoms with Gasteiger partial charge in [-0.2, -0.15) is 0 Å². The molecule has 0 bridgehead atoms. The zero-order valence-electron chi connectivity index (χ0n) is 14.0. The zero-order chi connectivity index (χ0) is 18.2. The van der Waals surface area contributed by atoms with Crippen molar-refractivity contribution in [1.29, 1.82) is 0 Å². The summed E-state index contributed by atoms with van der Waals surface area (Å²) in [7, 11) is -2.09. The number of hydrogen-bond acceptors (Lipinski definition) is 5. The van der Waals surface area contributed by atoms with E-state index in [0.717, 1.165) is 0 Å². The summed E-state index contributed by atoms with van der Waals surface area (Å²) in [5.41, 5.74) is 0. The predicted octanol–water partition coefficient (Wildman–Crippen LogP) is 1.42. The third-order valence-electron chi connectivity index (χ3n) is 2.88. The Bertz CT molecular complexity index is 649. The van der Waals surface area contributed by atoms with Crippen molar-refractivity contribution >= 4 is 27.5 Å². The summed E-state index contributed by atoms with van der Waals surface area (Å²) < 4.78 is 36.9. The first kappa shape index (κ1) is 20.7. The molecule has 0 atom stereocenters. The number of hydrogen-bond donors (Lipinski definition) is 2. The Labute approximate surface area is 147 Å². The summed E-state index contributed by atoms with van der Waals surface area (Å²) in [6, 6.07) is 4.10. The fourth-order valence-corrected chi connectivity index (χ4v) is 3.15. The number of sulfonamides is 1. The third-order valence-corrected chi connectivity index (χ3v) is 4.60. The summed E-state index contributed by atoms with van der Waals surface area (Å²) in [6.07, 6.45) is 0. The van der Waals surface area contributed by atoms with E-state index in [1.54, 1.807) is 0 Å². The Morgan fingerprint density at radius 3 is 2.62 bits per heavy atom. The summed E-state index contributed by atoms with van der Waals surface area (Å²) in [5.74, 6) is 0.106. The maximum absolute atomic E-state index is 12.1. The first-order valence-electron chi connectivity index (χ1n) is 7.44. The summed E-state index contributed by atoms with van der Waals surface area (Å²) in [6.45, 7) is 4.71. The van der Waals surface area contributed by atoms with Crippen LogP contribution in [0.4, 0.5) is 0 Å². The molecule has 1 aromatic carbocycles. The van der Waals surface area contributed by atoms with Gasteiger partial charge >= 0.3 is 0 Å². The van der Waals surface area contributed by atoms with Gasteiger partial charge in [0.05, 0.1) is 16.5 Å². The highest BCUT2D eigenvalue weighted by atomic mass is 35.5. The van der Waals surface area contributed by atoms with E-state index in [9.17, 15) is 13.2 Å². The Kier molecular flexibility index (Phi) is 8.47. The second kappa shape index (κ2) is 9.83. The molecule has 0 saturated heterocycles. The quantitative estimate of drug-likeness (QED) is 0.600. The van der Waals surface area contributed by atoms with Crippen molar-refractivity contribution in [1.82, 2.24) is 10.0 Å². The molecule has 0 aliphatic heterocycles. The van der Waals surface area contributed by atoms with Crippen LogP contribution in [-0.2, 0) is 19.6 Å². The average Bonchev–Trinajstić information content (AvgIpc) is 2.52. The first-order valence-corrected chi connectivity index (χ1v) is 9.30. The number of benzene rings is 1. The number of carbonyl (C=O) groups is 1. The average molecular weight is 379 g/mol. The van der Waals surface area contributed by atoms with Gasteiger partial charge in [-0.05, 0) is 24.1 Å². The van der Waals surface area contributed by atoms with Gasteiger partial charge in [-0.15, -0.1) is 0 Å². The smallest absolute Gasteiger partial charge is 0.258 e. The normalized spacial score (nSPS) is 11.5. The van der Waals surface area contributed by atoms with Crippen LogP contribution < -0.4 is 14.8 Å². The van der Waals surface area contributed by atoms with Crippen LogP contribution in [0, 0.1) is 5.92 Å². The fourth-order valence-electron chi connectivity index (χ4n) is 1.61. The van der Waals surface area contributed by atoms with Gasteiger partial charge in [0, 0.05) is 20.2 Å². The predicted molar refractivity (Wildman–Crippen MR) is 91.9 cm³/mol. The molecular weight excluding hydrogens is 356 g/mol. The van der Waals surface area contributed by atoms with Gasteiger partial charge in [0.25, 0.3) is 5.91 Å². The minimum absolute atomic E-state index is 0.0463. The lowest BCUT2D eigenvalue weighted by atomic mass is 10.2. The van der Waals surface area contributed by atoms with Crippen molar-refractivity contribution in [2.75, 3.05) is 33.4 Å². The molecule has 0 radical (unpaired) electrons. The largest absolute Gasteiger partial charge is 0.482 e.